The van der Waals surface area contributed by atoms with Crippen molar-refractivity contribution in [3.8, 4) is 0 Å². The SMILES string of the molecule is O=C(O)c1cc2c(c(S(=O)(=O)Nc3ccccc3Br)c1)CCC2. The van der Waals surface area contributed by atoms with Gasteiger partial charge in [0.05, 0.1) is 16.1 Å². The third-order valence-electron chi connectivity index (χ3n) is 3.83. The Morgan fingerprint density at radius 3 is 2.61 bits per heavy atom. The molecule has 1 aliphatic carbocycles. The monoisotopic (exact) mass is 395 g/mol. The second-order valence-corrected chi connectivity index (χ2v) is 7.86. The molecule has 0 bridgehead atoms. The quantitative estimate of drug-likeness (QED) is 0.830. The van der Waals surface area contributed by atoms with Crippen LogP contribution in [0.3, 0.4) is 0 Å². The number of halogens is 1. The van der Waals surface area contributed by atoms with Crippen LogP contribution in [-0.2, 0) is 22.9 Å². The average molecular weight is 396 g/mol. The van der Waals surface area contributed by atoms with Gasteiger partial charge >= 0.3 is 5.97 Å². The number of hydrogen-bond donors (Lipinski definition) is 2. The molecular weight excluding hydrogens is 382 g/mol. The van der Waals surface area contributed by atoms with Gasteiger partial charge in [-0.1, -0.05) is 12.1 Å². The molecule has 23 heavy (non-hydrogen) atoms. The van der Waals surface area contributed by atoms with Gasteiger partial charge in [-0.3, -0.25) is 4.72 Å². The predicted molar refractivity (Wildman–Crippen MR) is 90.4 cm³/mol. The summed E-state index contributed by atoms with van der Waals surface area (Å²) in [5.41, 5.74) is 1.94. The van der Waals surface area contributed by atoms with Crippen LogP contribution in [0.4, 0.5) is 5.69 Å². The number of anilines is 1. The van der Waals surface area contributed by atoms with Crippen molar-refractivity contribution in [3.05, 3.63) is 57.6 Å². The lowest BCUT2D eigenvalue weighted by atomic mass is 10.1. The third-order valence-corrected chi connectivity index (χ3v) is 5.95. The average Bonchev–Trinajstić information content (AvgIpc) is 2.96. The highest BCUT2D eigenvalue weighted by Crippen LogP contribution is 2.32. The lowest BCUT2D eigenvalue weighted by Crippen LogP contribution is -2.16. The summed E-state index contributed by atoms with van der Waals surface area (Å²) >= 11 is 3.30. The Kier molecular flexibility index (Phi) is 4.16. The van der Waals surface area contributed by atoms with E-state index in [9.17, 15) is 18.3 Å². The van der Waals surface area contributed by atoms with Gasteiger partial charge in [-0.2, -0.15) is 0 Å². The van der Waals surface area contributed by atoms with Crippen LogP contribution >= 0.6 is 15.9 Å². The maximum absolute atomic E-state index is 12.8. The number of aromatic carboxylic acids is 1. The van der Waals surface area contributed by atoms with Crippen LogP contribution in [0.5, 0.6) is 0 Å². The fraction of sp³-hybridized carbons (Fsp3) is 0.188. The van der Waals surface area contributed by atoms with Gasteiger partial charge in [-0.15, -0.1) is 0 Å². The van der Waals surface area contributed by atoms with Crippen molar-refractivity contribution in [2.45, 2.75) is 24.2 Å². The summed E-state index contributed by atoms with van der Waals surface area (Å²) in [4.78, 5) is 11.3. The standard InChI is InChI=1S/C16H14BrNO4S/c17-13-6-1-2-7-14(13)18-23(21,22)15-9-11(16(19)20)8-10-4-3-5-12(10)15/h1-2,6-9,18H,3-5H2,(H,19,20). The number of hydrogen-bond acceptors (Lipinski definition) is 3. The van der Waals surface area contributed by atoms with Crippen LogP contribution in [0.2, 0.25) is 0 Å². The van der Waals surface area contributed by atoms with Crippen molar-refractivity contribution in [2.24, 2.45) is 0 Å². The minimum absolute atomic E-state index is 0.00171. The van der Waals surface area contributed by atoms with E-state index in [1.807, 2.05) is 0 Å². The number of fused-ring (bicyclic) bond motifs is 1. The molecule has 0 atom stereocenters. The second-order valence-electron chi connectivity index (χ2n) is 5.36. The maximum Gasteiger partial charge on any atom is 0.335 e. The molecule has 3 rings (SSSR count). The number of carboxylic acids is 1. The van der Waals surface area contributed by atoms with Gasteiger partial charge in [0.25, 0.3) is 10.0 Å². The molecule has 0 fully saturated rings. The number of rotatable bonds is 4. The summed E-state index contributed by atoms with van der Waals surface area (Å²) in [7, 11) is -3.86. The van der Waals surface area contributed by atoms with Crippen LogP contribution in [0, 0.1) is 0 Å². The summed E-state index contributed by atoms with van der Waals surface area (Å²) in [6, 6.07) is 9.69. The second kappa shape index (κ2) is 5.98. The molecule has 0 heterocycles. The minimum Gasteiger partial charge on any atom is -0.478 e. The summed E-state index contributed by atoms with van der Waals surface area (Å²) in [6.07, 6.45) is 2.17. The molecule has 0 spiro atoms. The van der Waals surface area contributed by atoms with Crippen LogP contribution in [0.25, 0.3) is 0 Å². The van der Waals surface area contributed by atoms with Crippen molar-refractivity contribution in [3.63, 3.8) is 0 Å². The first kappa shape index (κ1) is 16.0. The number of benzene rings is 2. The summed E-state index contributed by atoms with van der Waals surface area (Å²) in [5, 5.41) is 9.22. The maximum atomic E-state index is 12.8. The number of sulfonamides is 1. The van der Waals surface area contributed by atoms with Gasteiger partial charge in [0.1, 0.15) is 0 Å². The van der Waals surface area contributed by atoms with Gasteiger partial charge in [-0.25, -0.2) is 13.2 Å². The Hall–Kier alpha value is -1.86. The van der Waals surface area contributed by atoms with E-state index in [-0.39, 0.29) is 10.5 Å². The molecular formula is C16H14BrNO4S. The predicted octanol–water partition coefficient (Wildman–Crippen LogP) is 3.44. The van der Waals surface area contributed by atoms with Gasteiger partial charge in [0.2, 0.25) is 0 Å². The zero-order valence-corrected chi connectivity index (χ0v) is 14.4. The van der Waals surface area contributed by atoms with E-state index < -0.39 is 16.0 Å². The summed E-state index contributed by atoms with van der Waals surface area (Å²) < 4.78 is 28.7. The highest BCUT2D eigenvalue weighted by atomic mass is 79.9. The molecule has 0 saturated carbocycles. The fourth-order valence-electron chi connectivity index (χ4n) is 2.77. The number of carbonyl (C=O) groups is 1. The number of para-hydroxylation sites is 1. The van der Waals surface area contributed by atoms with Gasteiger partial charge < -0.3 is 5.11 Å². The Labute approximate surface area is 142 Å². The van der Waals surface area contributed by atoms with Crippen molar-refractivity contribution in [1.82, 2.24) is 0 Å². The molecule has 2 aromatic carbocycles. The topological polar surface area (TPSA) is 83.5 Å². The fourth-order valence-corrected chi connectivity index (χ4v) is 4.70. The molecule has 0 radical (unpaired) electrons. The molecule has 120 valence electrons. The van der Waals surface area contributed by atoms with Crippen molar-refractivity contribution >= 4 is 37.6 Å². The molecule has 0 aromatic heterocycles. The van der Waals surface area contributed by atoms with E-state index in [1.165, 1.54) is 6.07 Å². The Morgan fingerprint density at radius 2 is 1.91 bits per heavy atom. The third kappa shape index (κ3) is 3.11. The number of nitrogens with one attached hydrogen (secondary N) is 1. The van der Waals surface area contributed by atoms with Crippen LogP contribution in [0.15, 0.2) is 45.8 Å². The first-order chi connectivity index (χ1) is 10.9. The van der Waals surface area contributed by atoms with Crippen LogP contribution in [-0.4, -0.2) is 19.5 Å². The van der Waals surface area contributed by atoms with E-state index in [2.05, 4.69) is 20.7 Å². The van der Waals surface area contributed by atoms with Gasteiger partial charge in [0.15, 0.2) is 0 Å². The van der Waals surface area contributed by atoms with Crippen molar-refractivity contribution in [1.29, 1.82) is 0 Å². The van der Waals surface area contributed by atoms with E-state index in [4.69, 9.17) is 0 Å². The van der Waals surface area contributed by atoms with E-state index in [0.29, 0.717) is 23.0 Å². The number of aryl methyl sites for hydroxylation is 1. The first-order valence-corrected chi connectivity index (χ1v) is 9.32. The molecule has 0 saturated heterocycles. The molecule has 2 N–H and O–H groups in total. The van der Waals surface area contributed by atoms with Gasteiger partial charge in [0, 0.05) is 4.47 Å². The largest absolute Gasteiger partial charge is 0.478 e. The lowest BCUT2D eigenvalue weighted by Gasteiger charge is -2.14. The Bertz CT molecular complexity index is 893. The molecule has 5 nitrogen and oxygen atoms in total. The van der Waals surface area contributed by atoms with Crippen molar-refractivity contribution in [2.75, 3.05) is 4.72 Å². The molecule has 7 heteroatoms. The normalized spacial score (nSPS) is 13.6. The molecule has 0 amide bonds. The molecule has 0 unspecified atom stereocenters. The molecule has 0 aliphatic heterocycles. The van der Waals surface area contributed by atoms with Crippen LogP contribution < -0.4 is 4.72 Å². The zero-order valence-electron chi connectivity index (χ0n) is 12.0. The summed E-state index contributed by atoms with van der Waals surface area (Å²) in [5.74, 6) is -1.13. The lowest BCUT2D eigenvalue weighted by molar-refractivity contribution is 0.0696. The zero-order chi connectivity index (χ0) is 16.6. The Morgan fingerprint density at radius 1 is 1.17 bits per heavy atom. The van der Waals surface area contributed by atoms with E-state index in [0.717, 1.165) is 17.5 Å². The number of carboxylic acid groups (broad SMARTS) is 1. The Balaban J connectivity index is 2.10. The van der Waals surface area contributed by atoms with Gasteiger partial charge in [-0.05, 0) is 70.6 Å². The minimum atomic E-state index is -3.86. The smallest absolute Gasteiger partial charge is 0.335 e. The van der Waals surface area contributed by atoms with E-state index >= 15 is 0 Å². The van der Waals surface area contributed by atoms with Crippen molar-refractivity contribution < 1.29 is 18.3 Å². The molecule has 2 aromatic rings. The van der Waals surface area contributed by atoms with Crippen LogP contribution in [0.1, 0.15) is 27.9 Å². The summed E-state index contributed by atoms with van der Waals surface area (Å²) in [6.45, 7) is 0. The highest BCUT2D eigenvalue weighted by Gasteiger charge is 2.26. The molecule has 1 aliphatic rings. The highest BCUT2D eigenvalue weighted by molar-refractivity contribution is 9.10. The first-order valence-electron chi connectivity index (χ1n) is 7.05. The van der Waals surface area contributed by atoms with E-state index in [1.54, 1.807) is 30.3 Å².